The first kappa shape index (κ1) is 16.8. The van der Waals surface area contributed by atoms with Crippen molar-refractivity contribution in [3.8, 4) is 0 Å². The van der Waals surface area contributed by atoms with Crippen molar-refractivity contribution in [2.24, 2.45) is 0 Å². The van der Waals surface area contributed by atoms with Gasteiger partial charge in [0.2, 0.25) is 0 Å². The Morgan fingerprint density at radius 1 is 1.14 bits per heavy atom. The Bertz CT molecular complexity index is 565. The molecule has 0 atom stereocenters. The van der Waals surface area contributed by atoms with Crippen molar-refractivity contribution in [2.45, 2.75) is 56.9 Å². The number of hydrogen-bond donors (Lipinski definition) is 1. The lowest BCUT2D eigenvalue weighted by atomic mass is 9.97. The van der Waals surface area contributed by atoms with Gasteiger partial charge in [-0.2, -0.15) is 0 Å². The van der Waals surface area contributed by atoms with Crippen LogP contribution in [-0.2, 0) is 5.88 Å². The zero-order valence-corrected chi connectivity index (χ0v) is 14.4. The van der Waals surface area contributed by atoms with E-state index < -0.39 is 0 Å². The first-order valence-electron chi connectivity index (χ1n) is 7.43. The van der Waals surface area contributed by atoms with E-state index in [-0.39, 0.29) is 12.4 Å². The normalized spacial score (nSPS) is 17.0. The van der Waals surface area contributed by atoms with Crippen molar-refractivity contribution >= 4 is 51.4 Å². The second-order valence-electron chi connectivity index (χ2n) is 5.47. The summed E-state index contributed by atoms with van der Waals surface area (Å²) in [6.45, 7) is 0. The molecule has 1 aliphatic rings. The Labute approximate surface area is 140 Å². The van der Waals surface area contributed by atoms with Gasteiger partial charge in [-0.25, -0.2) is 9.97 Å². The first-order valence-corrected chi connectivity index (χ1v) is 8.78. The summed E-state index contributed by atoms with van der Waals surface area (Å²) in [5.41, 5.74) is 0. The molecule has 0 saturated heterocycles. The number of nitrogens with one attached hydrogen (secondary N) is 1. The summed E-state index contributed by atoms with van der Waals surface area (Å²) in [7, 11) is 0. The molecule has 6 heteroatoms. The predicted octanol–water partition coefficient (Wildman–Crippen LogP) is 5.38. The maximum absolute atomic E-state index is 5.92. The van der Waals surface area contributed by atoms with Crippen LogP contribution in [0.3, 0.4) is 0 Å². The Hall–Kier alpha value is -0.580. The fourth-order valence-corrected chi connectivity index (χ4v) is 3.97. The molecule has 3 rings (SSSR count). The molecule has 0 aliphatic heterocycles. The smallest absolute Gasteiger partial charge is 0.138 e. The molecular formula is C15H21Cl2N3S. The summed E-state index contributed by atoms with van der Waals surface area (Å²) < 4.78 is 0. The number of fused-ring (bicyclic) bond motifs is 1. The van der Waals surface area contributed by atoms with Gasteiger partial charge in [0.1, 0.15) is 17.0 Å². The van der Waals surface area contributed by atoms with Crippen molar-refractivity contribution in [3.63, 3.8) is 0 Å². The van der Waals surface area contributed by atoms with Crippen LogP contribution in [0.5, 0.6) is 0 Å². The van der Waals surface area contributed by atoms with Crippen molar-refractivity contribution in [1.82, 2.24) is 9.97 Å². The SMILES string of the molecule is Cl.ClCc1cc2c(NC3CCCCCCC3)ncnc2s1. The fourth-order valence-electron chi connectivity index (χ4n) is 2.88. The summed E-state index contributed by atoms with van der Waals surface area (Å²) in [6.07, 6.45) is 10.9. The van der Waals surface area contributed by atoms with E-state index in [4.69, 9.17) is 11.6 Å². The molecule has 0 aromatic carbocycles. The molecule has 1 fully saturated rings. The number of hydrogen-bond acceptors (Lipinski definition) is 4. The van der Waals surface area contributed by atoms with Gasteiger partial charge in [0.15, 0.2) is 0 Å². The molecular weight excluding hydrogens is 325 g/mol. The van der Waals surface area contributed by atoms with Gasteiger partial charge in [0.25, 0.3) is 0 Å². The second kappa shape index (κ2) is 8.16. The van der Waals surface area contributed by atoms with Crippen molar-refractivity contribution in [2.75, 3.05) is 5.32 Å². The largest absolute Gasteiger partial charge is 0.367 e. The van der Waals surface area contributed by atoms with Crippen LogP contribution in [0.4, 0.5) is 5.82 Å². The van der Waals surface area contributed by atoms with E-state index in [1.54, 1.807) is 17.7 Å². The summed E-state index contributed by atoms with van der Waals surface area (Å²) in [6, 6.07) is 2.67. The van der Waals surface area contributed by atoms with Crippen LogP contribution in [0, 0.1) is 0 Å². The summed E-state index contributed by atoms with van der Waals surface area (Å²) >= 11 is 7.58. The number of halogens is 2. The van der Waals surface area contributed by atoms with Gasteiger partial charge in [-0.1, -0.05) is 32.1 Å². The minimum absolute atomic E-state index is 0. The number of nitrogens with zero attached hydrogens (tertiary/aromatic N) is 2. The van der Waals surface area contributed by atoms with Gasteiger partial charge in [-0.15, -0.1) is 35.3 Å². The molecule has 21 heavy (non-hydrogen) atoms. The average Bonchev–Trinajstić information content (AvgIpc) is 2.85. The zero-order valence-electron chi connectivity index (χ0n) is 12.0. The Kier molecular flexibility index (Phi) is 6.52. The van der Waals surface area contributed by atoms with E-state index in [1.807, 2.05) is 0 Å². The molecule has 1 aliphatic carbocycles. The van der Waals surface area contributed by atoms with Crippen molar-refractivity contribution < 1.29 is 0 Å². The van der Waals surface area contributed by atoms with Crippen LogP contribution in [-0.4, -0.2) is 16.0 Å². The standard InChI is InChI=1S/C15H20ClN3S.ClH/c16-9-12-8-13-14(17-10-18-15(13)20-12)19-11-6-4-2-1-3-5-7-11;/h8,10-11H,1-7,9H2,(H,17,18,19);1H. The van der Waals surface area contributed by atoms with E-state index in [0.29, 0.717) is 11.9 Å². The second-order valence-corrected chi connectivity index (χ2v) is 6.86. The molecule has 1 N–H and O–H groups in total. The summed E-state index contributed by atoms with van der Waals surface area (Å²) in [5, 5.41) is 4.76. The van der Waals surface area contributed by atoms with Gasteiger partial charge < -0.3 is 5.32 Å². The Morgan fingerprint density at radius 3 is 2.57 bits per heavy atom. The predicted molar refractivity (Wildman–Crippen MR) is 93.9 cm³/mol. The molecule has 1 saturated carbocycles. The third-order valence-electron chi connectivity index (χ3n) is 3.96. The number of alkyl halides is 1. The number of thiophene rings is 1. The fraction of sp³-hybridized carbons (Fsp3) is 0.600. The maximum Gasteiger partial charge on any atom is 0.138 e. The molecule has 0 amide bonds. The number of rotatable bonds is 3. The van der Waals surface area contributed by atoms with Crippen molar-refractivity contribution in [1.29, 1.82) is 0 Å². The lowest BCUT2D eigenvalue weighted by Gasteiger charge is -2.21. The highest BCUT2D eigenvalue weighted by Gasteiger charge is 2.14. The number of anilines is 1. The average molecular weight is 346 g/mol. The third kappa shape index (κ3) is 4.21. The van der Waals surface area contributed by atoms with E-state index in [0.717, 1.165) is 20.9 Å². The van der Waals surface area contributed by atoms with Gasteiger partial charge >= 0.3 is 0 Å². The highest BCUT2D eigenvalue weighted by Crippen LogP contribution is 2.30. The van der Waals surface area contributed by atoms with Gasteiger partial charge in [0, 0.05) is 10.9 Å². The molecule has 2 aromatic heterocycles. The molecule has 0 radical (unpaired) electrons. The van der Waals surface area contributed by atoms with Crippen molar-refractivity contribution in [3.05, 3.63) is 17.3 Å². The third-order valence-corrected chi connectivity index (χ3v) is 5.45. The zero-order chi connectivity index (χ0) is 13.8. The highest BCUT2D eigenvalue weighted by atomic mass is 35.5. The molecule has 116 valence electrons. The van der Waals surface area contributed by atoms with Gasteiger partial charge in [-0.05, 0) is 18.9 Å². The molecule has 3 nitrogen and oxygen atoms in total. The van der Waals surface area contributed by atoms with Crippen LogP contribution >= 0.6 is 35.3 Å². The summed E-state index contributed by atoms with van der Waals surface area (Å²) in [4.78, 5) is 11.0. The monoisotopic (exact) mass is 345 g/mol. The van der Waals surface area contributed by atoms with E-state index in [9.17, 15) is 0 Å². The quantitative estimate of drug-likeness (QED) is 0.759. The van der Waals surface area contributed by atoms with Gasteiger partial charge in [-0.3, -0.25) is 0 Å². The van der Waals surface area contributed by atoms with Crippen LogP contribution < -0.4 is 5.32 Å². The summed E-state index contributed by atoms with van der Waals surface area (Å²) in [5.74, 6) is 1.53. The Balaban J connectivity index is 0.00000161. The molecule has 0 spiro atoms. The van der Waals surface area contributed by atoms with Crippen LogP contribution in [0.25, 0.3) is 10.2 Å². The topological polar surface area (TPSA) is 37.8 Å². The maximum atomic E-state index is 5.92. The number of aromatic nitrogens is 2. The van der Waals surface area contributed by atoms with E-state index in [1.165, 1.54) is 44.9 Å². The molecule has 0 unspecified atom stereocenters. The van der Waals surface area contributed by atoms with Crippen LogP contribution in [0.1, 0.15) is 49.8 Å². The lowest BCUT2D eigenvalue weighted by Crippen LogP contribution is -2.21. The minimum atomic E-state index is 0. The van der Waals surface area contributed by atoms with Gasteiger partial charge in [0.05, 0.1) is 11.3 Å². The Morgan fingerprint density at radius 2 is 1.86 bits per heavy atom. The molecule has 0 bridgehead atoms. The van der Waals surface area contributed by atoms with E-state index >= 15 is 0 Å². The van der Waals surface area contributed by atoms with E-state index in [2.05, 4.69) is 21.4 Å². The first-order chi connectivity index (χ1) is 9.86. The molecule has 2 aromatic rings. The van der Waals surface area contributed by atoms with Crippen LogP contribution in [0.2, 0.25) is 0 Å². The molecule has 2 heterocycles. The van der Waals surface area contributed by atoms with Crippen LogP contribution in [0.15, 0.2) is 12.4 Å². The minimum Gasteiger partial charge on any atom is -0.367 e. The lowest BCUT2D eigenvalue weighted by molar-refractivity contribution is 0.471. The highest BCUT2D eigenvalue weighted by molar-refractivity contribution is 7.18.